The number of thiocarbonyl (C=S) groups is 1. The van der Waals surface area contributed by atoms with Gasteiger partial charge in [-0.05, 0) is 30.4 Å². The van der Waals surface area contributed by atoms with Crippen molar-refractivity contribution in [1.29, 1.82) is 0 Å². The number of thioether (sulfide) groups is 1. The predicted molar refractivity (Wildman–Crippen MR) is 89.0 cm³/mol. The highest BCUT2D eigenvalue weighted by Gasteiger charge is 2.21. The van der Waals surface area contributed by atoms with Crippen LogP contribution in [0.15, 0.2) is 24.3 Å². The maximum absolute atomic E-state index is 12.0. The summed E-state index contributed by atoms with van der Waals surface area (Å²) in [5.41, 5.74) is 2.63. The smallest absolute Gasteiger partial charge is 0.230 e. The molecule has 1 N–H and O–H groups in total. The summed E-state index contributed by atoms with van der Waals surface area (Å²) in [6.45, 7) is 0. The monoisotopic (exact) mass is 308 g/mol. The molecule has 1 aliphatic rings. The van der Waals surface area contributed by atoms with Gasteiger partial charge < -0.3 is 10.2 Å². The van der Waals surface area contributed by atoms with Crippen molar-refractivity contribution in [1.82, 2.24) is 10.2 Å². The van der Waals surface area contributed by atoms with Crippen LogP contribution in [0.2, 0.25) is 0 Å². The molecule has 1 aromatic carbocycles. The third kappa shape index (κ3) is 3.96. The molecule has 0 aromatic heterocycles. The number of hydrogen-bond donors (Lipinski definition) is 1. The van der Waals surface area contributed by atoms with E-state index in [2.05, 4.69) is 23.5 Å². The largest absolute Gasteiger partial charge is 0.364 e. The number of amides is 1. The molecule has 0 heterocycles. The Labute approximate surface area is 130 Å². The molecule has 1 aliphatic carbocycles. The first-order chi connectivity index (χ1) is 9.58. The molecular formula is C15H20N2OS2. The Kier molecular flexibility index (Phi) is 5.43. The van der Waals surface area contributed by atoms with Crippen LogP contribution in [0.1, 0.15) is 30.0 Å². The second-order valence-corrected chi connectivity index (χ2v) is 6.77. The number of hydrogen-bond acceptors (Lipinski definition) is 3. The zero-order chi connectivity index (χ0) is 14.5. The van der Waals surface area contributed by atoms with Gasteiger partial charge in [-0.15, -0.1) is 0 Å². The van der Waals surface area contributed by atoms with Crippen molar-refractivity contribution in [2.45, 2.75) is 25.3 Å². The number of aryl methyl sites for hydroxylation is 1. The number of nitrogens with one attached hydrogen (secondary N) is 1. The quantitative estimate of drug-likeness (QED) is 0.870. The van der Waals surface area contributed by atoms with Crippen LogP contribution in [-0.2, 0) is 11.2 Å². The lowest BCUT2D eigenvalue weighted by Crippen LogP contribution is -2.32. The number of benzene rings is 1. The van der Waals surface area contributed by atoms with Gasteiger partial charge in [0.05, 0.1) is 11.8 Å². The molecule has 2 rings (SSSR count). The summed E-state index contributed by atoms with van der Waals surface area (Å²) in [7, 11) is 3.79. The van der Waals surface area contributed by atoms with Crippen molar-refractivity contribution >= 4 is 34.2 Å². The van der Waals surface area contributed by atoms with E-state index < -0.39 is 0 Å². The fraction of sp³-hybridized carbons (Fsp3) is 0.467. The van der Waals surface area contributed by atoms with E-state index in [0.29, 0.717) is 5.75 Å². The average molecular weight is 308 g/mol. The summed E-state index contributed by atoms with van der Waals surface area (Å²) in [4.78, 5) is 13.9. The van der Waals surface area contributed by atoms with E-state index in [1.807, 2.05) is 25.1 Å². The third-order valence-electron chi connectivity index (χ3n) is 3.40. The van der Waals surface area contributed by atoms with Crippen LogP contribution in [0.3, 0.4) is 0 Å². The average Bonchev–Trinajstić information content (AvgIpc) is 2.45. The van der Waals surface area contributed by atoms with Crippen molar-refractivity contribution in [3.8, 4) is 0 Å². The molecule has 3 nitrogen and oxygen atoms in total. The molecule has 0 radical (unpaired) electrons. The summed E-state index contributed by atoms with van der Waals surface area (Å²) < 4.78 is 0.740. The maximum Gasteiger partial charge on any atom is 0.230 e. The molecule has 20 heavy (non-hydrogen) atoms. The first-order valence-electron chi connectivity index (χ1n) is 6.79. The van der Waals surface area contributed by atoms with Gasteiger partial charge in [0.2, 0.25) is 5.91 Å². The Balaban J connectivity index is 1.91. The van der Waals surface area contributed by atoms with Gasteiger partial charge in [-0.3, -0.25) is 4.79 Å². The highest BCUT2D eigenvalue weighted by molar-refractivity contribution is 8.23. The second kappa shape index (κ2) is 7.09. The van der Waals surface area contributed by atoms with E-state index in [4.69, 9.17) is 12.2 Å². The lowest BCUT2D eigenvalue weighted by molar-refractivity contribution is -0.119. The SMILES string of the molecule is CN(C)C(=S)SCC(=O)N[C@@H]1CCCc2ccccc21. The fourth-order valence-electron chi connectivity index (χ4n) is 2.40. The van der Waals surface area contributed by atoms with Crippen molar-refractivity contribution in [3.05, 3.63) is 35.4 Å². The molecule has 108 valence electrons. The zero-order valence-electron chi connectivity index (χ0n) is 11.9. The Bertz CT molecular complexity index is 502. The number of rotatable bonds is 3. The molecule has 0 aliphatic heterocycles. The second-order valence-electron chi connectivity index (χ2n) is 5.16. The van der Waals surface area contributed by atoms with Gasteiger partial charge >= 0.3 is 0 Å². The first-order valence-corrected chi connectivity index (χ1v) is 8.18. The fourth-order valence-corrected chi connectivity index (χ4v) is 3.17. The number of fused-ring (bicyclic) bond motifs is 1. The minimum absolute atomic E-state index is 0.0564. The van der Waals surface area contributed by atoms with Gasteiger partial charge in [0.1, 0.15) is 4.32 Å². The standard InChI is InChI=1S/C15H20N2OS2/c1-17(2)15(19)20-10-14(18)16-13-9-5-7-11-6-3-4-8-12(11)13/h3-4,6,8,13H,5,7,9-10H2,1-2H3,(H,16,18)/t13-/m1/s1. The lowest BCUT2D eigenvalue weighted by atomic mass is 9.88. The van der Waals surface area contributed by atoms with Gasteiger partial charge in [-0.25, -0.2) is 0 Å². The molecule has 0 saturated heterocycles. The third-order valence-corrected chi connectivity index (χ3v) is 5.13. The minimum atomic E-state index is 0.0564. The van der Waals surface area contributed by atoms with Crippen LogP contribution in [0.25, 0.3) is 0 Å². The molecule has 1 atom stereocenters. The van der Waals surface area contributed by atoms with E-state index >= 15 is 0 Å². The van der Waals surface area contributed by atoms with Crippen LogP contribution < -0.4 is 5.32 Å². The van der Waals surface area contributed by atoms with Crippen molar-refractivity contribution in [3.63, 3.8) is 0 Å². The zero-order valence-corrected chi connectivity index (χ0v) is 13.5. The van der Waals surface area contributed by atoms with Crippen LogP contribution in [0, 0.1) is 0 Å². The maximum atomic E-state index is 12.0. The highest BCUT2D eigenvalue weighted by Crippen LogP contribution is 2.29. The highest BCUT2D eigenvalue weighted by atomic mass is 32.2. The van der Waals surface area contributed by atoms with E-state index in [1.54, 1.807) is 0 Å². The summed E-state index contributed by atoms with van der Waals surface area (Å²) in [6.07, 6.45) is 3.26. The minimum Gasteiger partial charge on any atom is -0.364 e. The van der Waals surface area contributed by atoms with Crippen molar-refractivity contribution in [2.24, 2.45) is 0 Å². The van der Waals surface area contributed by atoms with Gasteiger partial charge in [-0.2, -0.15) is 0 Å². The Morgan fingerprint density at radius 1 is 1.45 bits per heavy atom. The number of carbonyl (C=O) groups excluding carboxylic acids is 1. The Morgan fingerprint density at radius 3 is 2.95 bits per heavy atom. The first kappa shape index (κ1) is 15.3. The molecular weight excluding hydrogens is 288 g/mol. The van der Waals surface area contributed by atoms with Crippen molar-refractivity contribution < 1.29 is 4.79 Å². The van der Waals surface area contributed by atoms with E-state index in [-0.39, 0.29) is 11.9 Å². The summed E-state index contributed by atoms with van der Waals surface area (Å²) in [6, 6.07) is 8.54. The summed E-state index contributed by atoms with van der Waals surface area (Å²) in [5.74, 6) is 0.441. The van der Waals surface area contributed by atoms with Gasteiger partial charge in [0, 0.05) is 14.1 Å². The molecule has 0 saturated carbocycles. The number of nitrogens with zero attached hydrogens (tertiary/aromatic N) is 1. The Hall–Kier alpha value is -1.07. The molecule has 5 heteroatoms. The molecule has 0 unspecified atom stereocenters. The van der Waals surface area contributed by atoms with Crippen molar-refractivity contribution in [2.75, 3.05) is 19.8 Å². The van der Waals surface area contributed by atoms with Gasteiger partial charge in [0.25, 0.3) is 0 Å². The van der Waals surface area contributed by atoms with E-state index in [1.165, 1.54) is 22.9 Å². The summed E-state index contributed by atoms with van der Waals surface area (Å²) in [5, 5.41) is 3.13. The van der Waals surface area contributed by atoms with E-state index in [0.717, 1.165) is 23.6 Å². The predicted octanol–water partition coefficient (Wildman–Crippen LogP) is 2.76. The van der Waals surface area contributed by atoms with E-state index in [9.17, 15) is 4.79 Å². The van der Waals surface area contributed by atoms with Gasteiger partial charge in [-0.1, -0.05) is 48.2 Å². The molecule has 0 fully saturated rings. The normalized spacial score (nSPS) is 17.2. The molecule has 1 aromatic rings. The molecule has 0 spiro atoms. The Morgan fingerprint density at radius 2 is 2.20 bits per heavy atom. The van der Waals surface area contributed by atoms with Crippen LogP contribution in [0.5, 0.6) is 0 Å². The summed E-state index contributed by atoms with van der Waals surface area (Å²) >= 11 is 6.58. The van der Waals surface area contributed by atoms with Crippen LogP contribution >= 0.6 is 24.0 Å². The number of carbonyl (C=O) groups is 1. The molecule has 0 bridgehead atoms. The van der Waals surface area contributed by atoms with Crippen LogP contribution in [-0.4, -0.2) is 35.0 Å². The topological polar surface area (TPSA) is 32.3 Å². The lowest BCUT2D eigenvalue weighted by Gasteiger charge is -2.26. The van der Waals surface area contributed by atoms with Gasteiger partial charge in [0.15, 0.2) is 0 Å². The molecule has 1 amide bonds. The van der Waals surface area contributed by atoms with Crippen LogP contribution in [0.4, 0.5) is 0 Å².